The van der Waals surface area contributed by atoms with Crippen molar-refractivity contribution in [3.63, 3.8) is 0 Å². The van der Waals surface area contributed by atoms with Gasteiger partial charge in [0.15, 0.2) is 0 Å². The van der Waals surface area contributed by atoms with E-state index in [1.54, 1.807) is 0 Å². The van der Waals surface area contributed by atoms with E-state index in [-0.39, 0.29) is 0 Å². The molecule has 0 radical (unpaired) electrons. The minimum absolute atomic E-state index is 0.420. The third-order valence-electron chi connectivity index (χ3n) is 1.26. The van der Waals surface area contributed by atoms with Crippen LogP contribution in [0.3, 0.4) is 0 Å². The van der Waals surface area contributed by atoms with Crippen LogP contribution in [0.1, 0.15) is 26.2 Å². The Labute approximate surface area is 80.4 Å². The van der Waals surface area contributed by atoms with Gasteiger partial charge in [0.05, 0.1) is 0 Å². The van der Waals surface area contributed by atoms with Crippen molar-refractivity contribution in [2.45, 2.75) is 26.2 Å². The van der Waals surface area contributed by atoms with Gasteiger partial charge < -0.3 is 0 Å². The van der Waals surface area contributed by atoms with Crippen LogP contribution in [-0.2, 0) is 13.6 Å². The summed E-state index contributed by atoms with van der Waals surface area (Å²) in [5.74, 6) is 0. The van der Waals surface area contributed by atoms with E-state index < -0.39 is 8.25 Å². The molecule has 0 spiro atoms. The summed E-state index contributed by atoms with van der Waals surface area (Å²) in [5.41, 5.74) is 0. The fourth-order valence-corrected chi connectivity index (χ4v) is 1.13. The third-order valence-corrected chi connectivity index (χ3v) is 1.98. The maximum atomic E-state index is 10.7. The highest BCUT2D eigenvalue weighted by Gasteiger charge is 2.16. The van der Waals surface area contributed by atoms with Crippen molar-refractivity contribution >= 4 is 8.25 Å². The van der Waals surface area contributed by atoms with E-state index in [2.05, 4.69) is 24.1 Å². The van der Waals surface area contributed by atoms with E-state index in [0.717, 1.165) is 25.5 Å². The molecule has 1 unspecified atom stereocenters. The van der Waals surface area contributed by atoms with Gasteiger partial charge in [0, 0.05) is 4.57 Å². The lowest BCUT2D eigenvalue weighted by molar-refractivity contribution is 0.277. The Kier molecular flexibility index (Phi) is 8.95. The highest BCUT2D eigenvalue weighted by molar-refractivity contribution is 7.33. The molecule has 74 valence electrons. The Balaban J connectivity index is 3.24. The fourth-order valence-electron chi connectivity index (χ4n) is 0.689. The summed E-state index contributed by atoms with van der Waals surface area (Å²) in [6.45, 7) is 5.81. The van der Waals surface area contributed by atoms with Crippen LogP contribution >= 0.6 is 8.25 Å². The molecule has 0 aromatic heterocycles. The summed E-state index contributed by atoms with van der Waals surface area (Å²) in [4.78, 5) is 0. The molecule has 0 aliphatic carbocycles. The molecule has 0 rings (SSSR count). The van der Waals surface area contributed by atoms with Crippen LogP contribution < -0.4 is 0 Å². The van der Waals surface area contributed by atoms with E-state index >= 15 is 0 Å². The molecule has 0 saturated carbocycles. The molecule has 1 atom stereocenters. The zero-order valence-electron chi connectivity index (χ0n) is 7.94. The van der Waals surface area contributed by atoms with Crippen molar-refractivity contribution in [1.82, 2.24) is 0 Å². The topological polar surface area (TPSA) is 35.5 Å². The van der Waals surface area contributed by atoms with Gasteiger partial charge in [-0.05, 0) is 12.8 Å². The lowest BCUT2D eigenvalue weighted by Gasteiger charge is -1.86. The molecule has 3 nitrogen and oxygen atoms in total. The molecule has 0 aromatic carbocycles. The van der Waals surface area contributed by atoms with E-state index in [0.29, 0.717) is 6.61 Å². The Morgan fingerprint density at radius 3 is 2.69 bits per heavy atom. The fraction of sp³-hybridized carbons (Fsp3) is 0.556. The summed E-state index contributed by atoms with van der Waals surface area (Å²) >= 11 is 0. The first-order chi connectivity index (χ1) is 6.31. The maximum Gasteiger partial charge on any atom is 0.749 e. The Hall–Kier alpha value is -0.660. The number of unbranched alkanes of at least 4 members (excludes halogenated alkanes) is 1. The molecule has 0 fully saturated rings. The molecule has 0 N–H and O–H groups in total. The van der Waals surface area contributed by atoms with Crippen LogP contribution in [0.5, 0.6) is 0 Å². The molecule has 0 amide bonds. The minimum atomic E-state index is -2.01. The van der Waals surface area contributed by atoms with Gasteiger partial charge in [0.1, 0.15) is 12.9 Å². The van der Waals surface area contributed by atoms with E-state index in [1.807, 2.05) is 6.08 Å². The standard InChI is InChI=1S/C9H16O3P/c1-3-5-6-7-8-9-12-13(10)11-4-2/h4,6-7H,2-3,5,8-9H2,1H3/q+1/b7-6-. The van der Waals surface area contributed by atoms with Gasteiger partial charge in [0.25, 0.3) is 0 Å². The van der Waals surface area contributed by atoms with Crippen molar-refractivity contribution in [3.8, 4) is 0 Å². The molecule has 0 aliphatic rings. The zero-order valence-corrected chi connectivity index (χ0v) is 8.83. The number of rotatable bonds is 8. The minimum Gasteiger partial charge on any atom is -0.238 e. The summed E-state index contributed by atoms with van der Waals surface area (Å²) in [6.07, 6.45) is 8.21. The maximum absolute atomic E-state index is 10.7. The largest absolute Gasteiger partial charge is 0.749 e. The van der Waals surface area contributed by atoms with Gasteiger partial charge in [0.2, 0.25) is 0 Å². The summed E-state index contributed by atoms with van der Waals surface area (Å²) in [7, 11) is -2.01. The van der Waals surface area contributed by atoms with Gasteiger partial charge in [-0.2, -0.15) is 0 Å². The molecule has 0 heterocycles. The highest BCUT2D eigenvalue weighted by Crippen LogP contribution is 2.23. The molecule has 4 heteroatoms. The Morgan fingerprint density at radius 1 is 1.38 bits per heavy atom. The van der Waals surface area contributed by atoms with Crippen molar-refractivity contribution < 1.29 is 13.6 Å². The quantitative estimate of drug-likeness (QED) is 0.262. The van der Waals surface area contributed by atoms with Gasteiger partial charge in [-0.15, -0.1) is 4.52 Å². The monoisotopic (exact) mass is 203 g/mol. The predicted octanol–water partition coefficient (Wildman–Crippen LogP) is 3.57. The number of allylic oxidation sites excluding steroid dienone is 1. The Bertz CT molecular complexity index is 178. The molecule has 0 aromatic rings. The first-order valence-corrected chi connectivity index (χ1v) is 5.43. The first-order valence-electron chi connectivity index (χ1n) is 4.34. The molecule has 0 saturated heterocycles. The SMILES string of the molecule is C=CO[P+](=O)OCC/C=C\CCC. The van der Waals surface area contributed by atoms with Crippen molar-refractivity contribution in [2.24, 2.45) is 0 Å². The van der Waals surface area contributed by atoms with E-state index in [4.69, 9.17) is 4.52 Å². The van der Waals surface area contributed by atoms with Crippen molar-refractivity contribution in [1.29, 1.82) is 0 Å². The van der Waals surface area contributed by atoms with Crippen LogP contribution in [0.4, 0.5) is 0 Å². The van der Waals surface area contributed by atoms with Gasteiger partial charge >= 0.3 is 8.25 Å². The molecule has 0 bridgehead atoms. The van der Waals surface area contributed by atoms with Crippen molar-refractivity contribution in [2.75, 3.05) is 6.61 Å². The average molecular weight is 203 g/mol. The molecule has 13 heavy (non-hydrogen) atoms. The van der Waals surface area contributed by atoms with Crippen LogP contribution in [0, 0.1) is 0 Å². The first kappa shape index (κ1) is 12.3. The summed E-state index contributed by atoms with van der Waals surface area (Å²) < 4.78 is 20.1. The van der Waals surface area contributed by atoms with Crippen LogP contribution in [-0.4, -0.2) is 6.61 Å². The normalized spacial score (nSPS) is 11.6. The molecular formula is C9H16O3P+. The second-order valence-electron chi connectivity index (χ2n) is 2.38. The number of hydrogen-bond acceptors (Lipinski definition) is 3. The smallest absolute Gasteiger partial charge is 0.238 e. The van der Waals surface area contributed by atoms with Crippen LogP contribution in [0.15, 0.2) is 25.0 Å². The molecular weight excluding hydrogens is 187 g/mol. The Morgan fingerprint density at radius 2 is 2.08 bits per heavy atom. The average Bonchev–Trinajstić information content (AvgIpc) is 2.11. The number of hydrogen-bond donors (Lipinski definition) is 0. The lowest BCUT2D eigenvalue weighted by atomic mass is 10.3. The highest BCUT2D eigenvalue weighted by atomic mass is 31.1. The predicted molar refractivity (Wildman–Crippen MR) is 53.5 cm³/mol. The second-order valence-corrected chi connectivity index (χ2v) is 3.29. The lowest BCUT2D eigenvalue weighted by Crippen LogP contribution is -1.83. The van der Waals surface area contributed by atoms with E-state index in [9.17, 15) is 4.57 Å². The van der Waals surface area contributed by atoms with E-state index in [1.165, 1.54) is 0 Å². The van der Waals surface area contributed by atoms with Crippen molar-refractivity contribution in [3.05, 3.63) is 25.0 Å². The zero-order chi connectivity index (χ0) is 9.94. The van der Waals surface area contributed by atoms with Gasteiger partial charge in [-0.1, -0.05) is 32.1 Å². The third kappa shape index (κ3) is 9.25. The van der Waals surface area contributed by atoms with Gasteiger partial charge in [-0.25, -0.2) is 4.52 Å². The van der Waals surface area contributed by atoms with Crippen LogP contribution in [0.2, 0.25) is 0 Å². The molecule has 0 aliphatic heterocycles. The summed E-state index contributed by atoms with van der Waals surface area (Å²) in [5, 5.41) is 0. The second kappa shape index (κ2) is 9.43. The van der Waals surface area contributed by atoms with Gasteiger partial charge in [-0.3, -0.25) is 0 Å². The summed E-state index contributed by atoms with van der Waals surface area (Å²) in [6, 6.07) is 0. The van der Waals surface area contributed by atoms with Crippen LogP contribution in [0.25, 0.3) is 0 Å².